The Morgan fingerprint density at radius 1 is 1.30 bits per heavy atom. The highest BCUT2D eigenvalue weighted by Crippen LogP contribution is 2.27. The van der Waals surface area contributed by atoms with Gasteiger partial charge in [-0.1, -0.05) is 12.8 Å². The molecule has 0 aromatic carbocycles. The van der Waals surface area contributed by atoms with E-state index in [1.807, 2.05) is 13.1 Å². The number of hydrogen-bond acceptors (Lipinski definition) is 6. The van der Waals surface area contributed by atoms with Crippen molar-refractivity contribution >= 4 is 11.6 Å². The maximum atomic E-state index is 9.47. The number of aliphatic hydroxyl groups is 1. The molecule has 6 nitrogen and oxygen atoms in total. The van der Waals surface area contributed by atoms with Crippen LogP contribution in [0.4, 0.5) is 11.6 Å². The predicted molar refractivity (Wildman–Crippen MR) is 78.7 cm³/mol. The molecule has 0 radical (unpaired) electrons. The third kappa shape index (κ3) is 3.80. The van der Waals surface area contributed by atoms with E-state index in [0.717, 1.165) is 24.5 Å². The fraction of sp³-hybridized carbons (Fsp3) is 0.714. The van der Waals surface area contributed by atoms with E-state index in [0.29, 0.717) is 18.3 Å². The van der Waals surface area contributed by atoms with Gasteiger partial charge in [-0.25, -0.2) is 9.97 Å². The molecule has 112 valence electrons. The molecule has 2 unspecified atom stereocenters. The smallest absolute Gasteiger partial charge is 0.158 e. The zero-order chi connectivity index (χ0) is 14.4. The quantitative estimate of drug-likeness (QED) is 0.735. The molecular formula is C14H24N4O2. The molecule has 1 aliphatic rings. The molecule has 1 aliphatic carbocycles. The van der Waals surface area contributed by atoms with E-state index in [2.05, 4.69) is 20.6 Å². The van der Waals surface area contributed by atoms with Crippen LogP contribution in [0.5, 0.6) is 0 Å². The van der Waals surface area contributed by atoms with Gasteiger partial charge >= 0.3 is 0 Å². The Bertz CT molecular complexity index is 428. The van der Waals surface area contributed by atoms with E-state index in [9.17, 15) is 5.11 Å². The normalized spacial score (nSPS) is 22.6. The van der Waals surface area contributed by atoms with Gasteiger partial charge in [-0.2, -0.15) is 0 Å². The van der Waals surface area contributed by atoms with Crippen molar-refractivity contribution in [3.05, 3.63) is 11.9 Å². The lowest BCUT2D eigenvalue weighted by atomic mass is 9.85. The molecule has 1 aromatic rings. The standard InChI is InChI=1S/C14H24N4O2/c1-15-12-7-13(18-14(17-12)9-20-2)16-11-6-4-3-5-10(11)8-19/h7,10-11,19H,3-6,8-9H2,1-2H3,(H2,15,16,17,18). The highest BCUT2D eigenvalue weighted by Gasteiger charge is 2.24. The average Bonchev–Trinajstić information content (AvgIpc) is 2.48. The topological polar surface area (TPSA) is 79.3 Å². The number of methoxy groups -OCH3 is 1. The van der Waals surface area contributed by atoms with Crippen LogP contribution in [0, 0.1) is 5.92 Å². The van der Waals surface area contributed by atoms with E-state index >= 15 is 0 Å². The van der Waals surface area contributed by atoms with E-state index in [4.69, 9.17) is 4.74 Å². The molecule has 2 atom stereocenters. The molecule has 0 spiro atoms. The zero-order valence-electron chi connectivity index (χ0n) is 12.2. The molecular weight excluding hydrogens is 256 g/mol. The van der Waals surface area contributed by atoms with Gasteiger partial charge in [0.1, 0.15) is 18.2 Å². The summed E-state index contributed by atoms with van der Waals surface area (Å²) in [6.45, 7) is 0.616. The van der Waals surface area contributed by atoms with Gasteiger partial charge in [-0.05, 0) is 12.8 Å². The number of anilines is 2. The highest BCUT2D eigenvalue weighted by molar-refractivity contribution is 5.47. The molecule has 3 N–H and O–H groups in total. The van der Waals surface area contributed by atoms with E-state index in [1.165, 1.54) is 12.8 Å². The molecule has 0 bridgehead atoms. The fourth-order valence-electron chi connectivity index (χ4n) is 2.70. The average molecular weight is 280 g/mol. The SMILES string of the molecule is CNc1cc(NC2CCCCC2CO)nc(COC)n1. The Morgan fingerprint density at radius 3 is 2.75 bits per heavy atom. The first-order chi connectivity index (χ1) is 9.76. The van der Waals surface area contributed by atoms with Gasteiger partial charge in [-0.15, -0.1) is 0 Å². The lowest BCUT2D eigenvalue weighted by Gasteiger charge is -2.31. The Labute approximate surface area is 120 Å². The van der Waals surface area contributed by atoms with Gasteiger partial charge in [0, 0.05) is 38.8 Å². The van der Waals surface area contributed by atoms with Crippen LogP contribution in [0.15, 0.2) is 6.07 Å². The largest absolute Gasteiger partial charge is 0.396 e. The van der Waals surface area contributed by atoms with Gasteiger partial charge in [-0.3, -0.25) is 0 Å². The second kappa shape index (κ2) is 7.40. The summed E-state index contributed by atoms with van der Waals surface area (Å²) >= 11 is 0. The summed E-state index contributed by atoms with van der Waals surface area (Å²) in [6.07, 6.45) is 4.54. The van der Waals surface area contributed by atoms with Crippen molar-refractivity contribution in [3.63, 3.8) is 0 Å². The molecule has 0 aliphatic heterocycles. The lowest BCUT2D eigenvalue weighted by molar-refractivity contribution is 0.176. The summed E-state index contributed by atoms with van der Waals surface area (Å²) in [5, 5.41) is 16.0. The number of rotatable bonds is 6. The molecule has 20 heavy (non-hydrogen) atoms. The van der Waals surface area contributed by atoms with Crippen LogP contribution in [0.1, 0.15) is 31.5 Å². The fourth-order valence-corrected chi connectivity index (χ4v) is 2.70. The maximum absolute atomic E-state index is 9.47. The Kier molecular flexibility index (Phi) is 5.55. The lowest BCUT2D eigenvalue weighted by Crippen LogP contribution is -2.34. The summed E-state index contributed by atoms with van der Waals surface area (Å²) < 4.78 is 5.09. The second-order valence-corrected chi connectivity index (χ2v) is 5.22. The number of nitrogens with zero attached hydrogens (tertiary/aromatic N) is 2. The number of aromatic nitrogens is 2. The van der Waals surface area contributed by atoms with Crippen molar-refractivity contribution in [2.75, 3.05) is 31.4 Å². The molecule has 1 heterocycles. The third-order valence-electron chi connectivity index (χ3n) is 3.78. The maximum Gasteiger partial charge on any atom is 0.158 e. The number of ether oxygens (including phenoxy) is 1. The zero-order valence-corrected chi connectivity index (χ0v) is 12.2. The minimum absolute atomic E-state index is 0.229. The van der Waals surface area contributed by atoms with Crippen molar-refractivity contribution < 1.29 is 9.84 Å². The van der Waals surface area contributed by atoms with Gasteiger partial charge in [0.15, 0.2) is 5.82 Å². The van der Waals surface area contributed by atoms with Crippen LogP contribution < -0.4 is 10.6 Å². The predicted octanol–water partition coefficient (Wildman–Crippen LogP) is 1.63. The Hall–Kier alpha value is -1.40. The highest BCUT2D eigenvalue weighted by atomic mass is 16.5. The van der Waals surface area contributed by atoms with Crippen LogP contribution in [0.2, 0.25) is 0 Å². The number of hydrogen-bond donors (Lipinski definition) is 3. The molecule has 0 saturated heterocycles. The van der Waals surface area contributed by atoms with Crippen LogP contribution in [-0.4, -0.2) is 41.9 Å². The van der Waals surface area contributed by atoms with Gasteiger partial charge in [0.2, 0.25) is 0 Å². The first-order valence-corrected chi connectivity index (χ1v) is 7.19. The van der Waals surface area contributed by atoms with Gasteiger partial charge in [0.25, 0.3) is 0 Å². The van der Waals surface area contributed by atoms with E-state index in [1.54, 1.807) is 7.11 Å². The summed E-state index contributed by atoms with van der Waals surface area (Å²) in [4.78, 5) is 8.80. The van der Waals surface area contributed by atoms with Gasteiger partial charge in [0.05, 0.1) is 0 Å². The second-order valence-electron chi connectivity index (χ2n) is 5.22. The molecule has 0 amide bonds. The number of aliphatic hydroxyl groups excluding tert-OH is 1. The summed E-state index contributed by atoms with van der Waals surface area (Å²) in [5.74, 6) is 2.52. The molecule has 1 fully saturated rings. The van der Waals surface area contributed by atoms with Gasteiger partial charge < -0.3 is 20.5 Å². The molecule has 1 saturated carbocycles. The number of nitrogens with one attached hydrogen (secondary N) is 2. The first-order valence-electron chi connectivity index (χ1n) is 7.19. The molecule has 6 heteroatoms. The Morgan fingerprint density at radius 2 is 2.05 bits per heavy atom. The van der Waals surface area contributed by atoms with E-state index < -0.39 is 0 Å². The van der Waals surface area contributed by atoms with Crippen molar-refractivity contribution in [2.24, 2.45) is 5.92 Å². The van der Waals surface area contributed by atoms with E-state index in [-0.39, 0.29) is 12.6 Å². The van der Waals surface area contributed by atoms with Crippen molar-refractivity contribution in [1.29, 1.82) is 0 Å². The van der Waals surface area contributed by atoms with Crippen molar-refractivity contribution in [1.82, 2.24) is 9.97 Å². The van der Waals surface area contributed by atoms with Crippen molar-refractivity contribution in [2.45, 2.75) is 38.3 Å². The summed E-state index contributed by atoms with van der Waals surface area (Å²) in [5.41, 5.74) is 0. The summed E-state index contributed by atoms with van der Waals surface area (Å²) in [7, 11) is 3.46. The van der Waals surface area contributed by atoms with Crippen LogP contribution in [0.25, 0.3) is 0 Å². The first kappa shape index (κ1) is 15.0. The Balaban J connectivity index is 2.12. The molecule has 2 rings (SSSR count). The summed E-state index contributed by atoms with van der Waals surface area (Å²) in [6, 6.07) is 2.17. The van der Waals surface area contributed by atoms with Crippen LogP contribution in [0.3, 0.4) is 0 Å². The minimum atomic E-state index is 0.229. The van der Waals surface area contributed by atoms with Crippen molar-refractivity contribution in [3.8, 4) is 0 Å². The monoisotopic (exact) mass is 280 g/mol. The minimum Gasteiger partial charge on any atom is -0.396 e. The third-order valence-corrected chi connectivity index (χ3v) is 3.78. The molecule has 1 aromatic heterocycles. The van der Waals surface area contributed by atoms with Crippen LogP contribution in [-0.2, 0) is 11.3 Å². The van der Waals surface area contributed by atoms with Crippen LogP contribution >= 0.6 is 0 Å².